The molecular formula is C14H21N3O2S. The lowest BCUT2D eigenvalue weighted by Crippen LogP contribution is -2.21. The maximum atomic E-state index is 5.41. The molecule has 2 aromatic heterocycles. The highest BCUT2D eigenvalue weighted by Gasteiger charge is 2.20. The highest BCUT2D eigenvalue weighted by atomic mass is 32.1. The maximum Gasteiger partial charge on any atom is 0.215 e. The fraction of sp³-hybridized carbons (Fsp3) is 0.571. The van der Waals surface area contributed by atoms with Gasteiger partial charge in [-0.05, 0) is 30.1 Å². The first kappa shape index (κ1) is 15.0. The van der Waals surface area contributed by atoms with E-state index < -0.39 is 0 Å². The minimum atomic E-state index is 0.0775. The molecule has 0 aliphatic carbocycles. The van der Waals surface area contributed by atoms with Gasteiger partial charge in [0.05, 0.1) is 12.6 Å². The number of hydrogen-bond donors (Lipinski definition) is 1. The van der Waals surface area contributed by atoms with Crippen LogP contribution in [0.2, 0.25) is 0 Å². The van der Waals surface area contributed by atoms with Gasteiger partial charge in [-0.1, -0.05) is 13.8 Å². The molecule has 5 nitrogen and oxygen atoms in total. The van der Waals surface area contributed by atoms with Gasteiger partial charge >= 0.3 is 0 Å². The van der Waals surface area contributed by atoms with Crippen molar-refractivity contribution in [1.29, 1.82) is 0 Å². The lowest BCUT2D eigenvalue weighted by molar-refractivity contribution is 0.143. The molecule has 110 valence electrons. The number of fused-ring (bicyclic) bond motifs is 1. The third kappa shape index (κ3) is 3.19. The quantitative estimate of drug-likeness (QED) is 0.832. The SMILES string of the molecule is COCCC(C)(C)Cn1c(=S)[nH]c2ccc(OC)nc21. The molecule has 0 aliphatic rings. The first-order valence-electron chi connectivity index (χ1n) is 6.59. The van der Waals surface area contributed by atoms with Crippen molar-refractivity contribution in [3.05, 3.63) is 16.9 Å². The van der Waals surface area contributed by atoms with Crippen LogP contribution >= 0.6 is 12.2 Å². The zero-order chi connectivity index (χ0) is 14.8. The van der Waals surface area contributed by atoms with Gasteiger partial charge in [-0.25, -0.2) is 0 Å². The van der Waals surface area contributed by atoms with Crippen LogP contribution in [0.15, 0.2) is 12.1 Å². The van der Waals surface area contributed by atoms with E-state index in [1.165, 1.54) is 0 Å². The standard InChI is InChI=1S/C14H21N3O2S/c1-14(2,7-8-18-3)9-17-12-10(15-13(17)20)5-6-11(16-12)19-4/h5-6H,7-9H2,1-4H3,(H,15,20). The molecule has 2 aromatic rings. The highest BCUT2D eigenvalue weighted by Crippen LogP contribution is 2.26. The number of rotatable bonds is 6. The summed E-state index contributed by atoms with van der Waals surface area (Å²) in [5, 5.41) is 0. The number of hydrogen-bond acceptors (Lipinski definition) is 4. The summed E-state index contributed by atoms with van der Waals surface area (Å²) >= 11 is 5.41. The second-order valence-corrected chi connectivity index (χ2v) is 6.03. The summed E-state index contributed by atoms with van der Waals surface area (Å²) in [6, 6.07) is 3.77. The molecule has 0 fully saturated rings. The van der Waals surface area contributed by atoms with Gasteiger partial charge in [0.15, 0.2) is 10.4 Å². The van der Waals surface area contributed by atoms with Crippen molar-refractivity contribution >= 4 is 23.4 Å². The van der Waals surface area contributed by atoms with Gasteiger partial charge in [0.2, 0.25) is 5.88 Å². The van der Waals surface area contributed by atoms with E-state index in [2.05, 4.69) is 23.8 Å². The van der Waals surface area contributed by atoms with Crippen LogP contribution in [-0.4, -0.2) is 35.4 Å². The van der Waals surface area contributed by atoms with Crippen molar-refractivity contribution < 1.29 is 9.47 Å². The summed E-state index contributed by atoms with van der Waals surface area (Å²) in [5.74, 6) is 0.593. The van der Waals surface area contributed by atoms with Crippen LogP contribution in [0.25, 0.3) is 11.2 Å². The van der Waals surface area contributed by atoms with E-state index in [0.717, 1.165) is 30.7 Å². The molecule has 0 unspecified atom stereocenters. The molecule has 0 atom stereocenters. The number of nitrogens with one attached hydrogen (secondary N) is 1. The van der Waals surface area contributed by atoms with Crippen molar-refractivity contribution in [3.8, 4) is 5.88 Å². The average molecular weight is 295 g/mol. The Morgan fingerprint density at radius 2 is 2.10 bits per heavy atom. The molecular weight excluding hydrogens is 274 g/mol. The Bertz CT molecular complexity index is 645. The van der Waals surface area contributed by atoms with Crippen LogP contribution in [0.5, 0.6) is 5.88 Å². The van der Waals surface area contributed by atoms with Crippen LogP contribution in [-0.2, 0) is 11.3 Å². The average Bonchev–Trinajstić information content (AvgIpc) is 2.72. The van der Waals surface area contributed by atoms with Crippen LogP contribution < -0.4 is 4.74 Å². The molecule has 1 N–H and O–H groups in total. The number of methoxy groups -OCH3 is 2. The molecule has 0 saturated carbocycles. The summed E-state index contributed by atoms with van der Waals surface area (Å²) in [4.78, 5) is 7.68. The molecule has 0 amide bonds. The molecule has 6 heteroatoms. The van der Waals surface area contributed by atoms with E-state index in [1.54, 1.807) is 14.2 Å². The Balaban J connectivity index is 2.38. The maximum absolute atomic E-state index is 5.41. The van der Waals surface area contributed by atoms with Crippen molar-refractivity contribution in [1.82, 2.24) is 14.5 Å². The third-order valence-corrected chi connectivity index (χ3v) is 3.69. The van der Waals surface area contributed by atoms with Crippen LogP contribution in [0, 0.1) is 10.2 Å². The van der Waals surface area contributed by atoms with Crippen LogP contribution in [0.3, 0.4) is 0 Å². The first-order valence-corrected chi connectivity index (χ1v) is 7.00. The number of nitrogens with zero attached hydrogens (tertiary/aromatic N) is 2. The fourth-order valence-corrected chi connectivity index (χ4v) is 2.42. The zero-order valence-corrected chi connectivity index (χ0v) is 13.2. The van der Waals surface area contributed by atoms with E-state index in [-0.39, 0.29) is 5.41 Å². The fourth-order valence-electron chi connectivity index (χ4n) is 2.16. The Kier molecular flexibility index (Phi) is 4.45. The molecule has 2 rings (SSSR count). The molecule has 0 saturated heterocycles. The van der Waals surface area contributed by atoms with E-state index in [4.69, 9.17) is 21.7 Å². The normalized spacial score (nSPS) is 12.0. The smallest absolute Gasteiger partial charge is 0.215 e. The molecule has 0 aromatic carbocycles. The minimum Gasteiger partial charge on any atom is -0.481 e. The van der Waals surface area contributed by atoms with Gasteiger partial charge in [0, 0.05) is 26.3 Å². The van der Waals surface area contributed by atoms with E-state index in [1.807, 2.05) is 16.7 Å². The second-order valence-electron chi connectivity index (χ2n) is 5.65. The number of H-pyrrole nitrogens is 1. The predicted octanol–water partition coefficient (Wildman–Crippen LogP) is 3.17. The van der Waals surface area contributed by atoms with Crippen molar-refractivity contribution in [2.24, 2.45) is 5.41 Å². The Hall–Kier alpha value is -1.40. The molecule has 0 aliphatic heterocycles. The van der Waals surface area contributed by atoms with Crippen molar-refractivity contribution in [2.75, 3.05) is 20.8 Å². The predicted molar refractivity (Wildman–Crippen MR) is 81.7 cm³/mol. The Morgan fingerprint density at radius 3 is 2.75 bits per heavy atom. The Morgan fingerprint density at radius 1 is 1.35 bits per heavy atom. The summed E-state index contributed by atoms with van der Waals surface area (Å²) in [7, 11) is 3.34. The number of pyridine rings is 1. The number of aromatic nitrogens is 3. The van der Waals surface area contributed by atoms with E-state index in [0.29, 0.717) is 10.7 Å². The molecule has 2 heterocycles. The summed E-state index contributed by atoms with van der Waals surface area (Å²) in [6.45, 7) is 5.92. The van der Waals surface area contributed by atoms with Gasteiger partial charge in [-0.3, -0.25) is 0 Å². The lowest BCUT2D eigenvalue weighted by Gasteiger charge is -2.24. The van der Waals surface area contributed by atoms with Gasteiger partial charge in [0.25, 0.3) is 0 Å². The van der Waals surface area contributed by atoms with E-state index >= 15 is 0 Å². The third-order valence-electron chi connectivity index (χ3n) is 3.37. The first-order chi connectivity index (χ1) is 9.46. The molecule has 0 radical (unpaired) electrons. The zero-order valence-electron chi connectivity index (χ0n) is 12.4. The lowest BCUT2D eigenvalue weighted by atomic mass is 9.89. The number of ether oxygens (including phenoxy) is 2. The minimum absolute atomic E-state index is 0.0775. The summed E-state index contributed by atoms with van der Waals surface area (Å²) in [6.07, 6.45) is 0.960. The van der Waals surface area contributed by atoms with Crippen molar-refractivity contribution in [2.45, 2.75) is 26.8 Å². The Labute approximate surface area is 123 Å². The summed E-state index contributed by atoms with van der Waals surface area (Å²) < 4.78 is 13.1. The van der Waals surface area contributed by atoms with E-state index in [9.17, 15) is 0 Å². The van der Waals surface area contributed by atoms with Gasteiger partial charge < -0.3 is 19.0 Å². The number of imidazole rings is 1. The summed E-state index contributed by atoms with van der Waals surface area (Å²) in [5.41, 5.74) is 1.84. The van der Waals surface area contributed by atoms with Crippen LogP contribution in [0.1, 0.15) is 20.3 Å². The molecule has 20 heavy (non-hydrogen) atoms. The van der Waals surface area contributed by atoms with Gasteiger partial charge in [0.1, 0.15) is 0 Å². The highest BCUT2D eigenvalue weighted by molar-refractivity contribution is 7.71. The monoisotopic (exact) mass is 295 g/mol. The molecule has 0 bridgehead atoms. The van der Waals surface area contributed by atoms with Crippen LogP contribution in [0.4, 0.5) is 0 Å². The van der Waals surface area contributed by atoms with Crippen molar-refractivity contribution in [3.63, 3.8) is 0 Å². The largest absolute Gasteiger partial charge is 0.481 e. The topological polar surface area (TPSA) is 52.1 Å². The van der Waals surface area contributed by atoms with Gasteiger partial charge in [-0.15, -0.1) is 0 Å². The molecule has 0 spiro atoms. The second kappa shape index (κ2) is 5.93. The number of aromatic amines is 1. The van der Waals surface area contributed by atoms with Gasteiger partial charge in [-0.2, -0.15) is 4.98 Å².